The van der Waals surface area contributed by atoms with Gasteiger partial charge in [0.05, 0.1) is 6.10 Å². The summed E-state index contributed by atoms with van der Waals surface area (Å²) < 4.78 is 0. The lowest BCUT2D eigenvalue weighted by Gasteiger charge is -1.93. The third-order valence-corrected chi connectivity index (χ3v) is 0.759. The number of nitrogens with zero attached hydrogens (tertiary/aromatic N) is 1. The maximum Gasteiger partial charge on any atom is 0.346 e. The van der Waals surface area contributed by atoms with Crippen molar-refractivity contribution in [3.05, 3.63) is 11.6 Å². The van der Waals surface area contributed by atoms with Crippen molar-refractivity contribution in [1.82, 2.24) is 0 Å². The van der Waals surface area contributed by atoms with E-state index in [0.29, 0.717) is 0 Å². The first-order chi connectivity index (χ1) is 4.57. The summed E-state index contributed by atoms with van der Waals surface area (Å²) in [6, 6.07) is 1.43. The van der Waals surface area contributed by atoms with Gasteiger partial charge in [-0.2, -0.15) is 5.26 Å². The van der Waals surface area contributed by atoms with Crippen molar-refractivity contribution >= 4 is 5.97 Å². The first-order valence-electron chi connectivity index (χ1n) is 2.61. The van der Waals surface area contributed by atoms with Gasteiger partial charge in [-0.25, -0.2) is 4.79 Å². The van der Waals surface area contributed by atoms with E-state index in [2.05, 4.69) is 0 Å². The van der Waals surface area contributed by atoms with Gasteiger partial charge in [0.15, 0.2) is 0 Å². The van der Waals surface area contributed by atoms with Crippen molar-refractivity contribution < 1.29 is 15.0 Å². The van der Waals surface area contributed by atoms with Crippen LogP contribution in [0.5, 0.6) is 0 Å². The molecule has 0 rings (SSSR count). The van der Waals surface area contributed by atoms with Crippen molar-refractivity contribution in [1.29, 1.82) is 5.26 Å². The zero-order valence-electron chi connectivity index (χ0n) is 5.40. The summed E-state index contributed by atoms with van der Waals surface area (Å²) in [5.74, 6) is -1.32. The second-order valence-corrected chi connectivity index (χ2v) is 1.74. The average molecular weight is 141 g/mol. The predicted molar refractivity (Wildman–Crippen MR) is 33.0 cm³/mol. The number of aliphatic hydroxyl groups is 1. The van der Waals surface area contributed by atoms with E-state index in [1.54, 1.807) is 0 Å². The van der Waals surface area contributed by atoms with Crippen molar-refractivity contribution in [3.8, 4) is 6.07 Å². The topological polar surface area (TPSA) is 81.3 Å². The molecule has 0 heterocycles. The van der Waals surface area contributed by atoms with E-state index in [-0.39, 0.29) is 0 Å². The van der Waals surface area contributed by atoms with Gasteiger partial charge >= 0.3 is 5.97 Å². The van der Waals surface area contributed by atoms with Crippen molar-refractivity contribution in [3.63, 3.8) is 0 Å². The average Bonchev–Trinajstić information content (AvgIpc) is 1.81. The van der Waals surface area contributed by atoms with E-state index in [0.717, 1.165) is 6.08 Å². The summed E-state index contributed by atoms with van der Waals surface area (Å²) in [4.78, 5) is 10.1. The van der Waals surface area contributed by atoms with Crippen LogP contribution in [-0.2, 0) is 4.79 Å². The molecule has 0 amide bonds. The molecule has 4 heteroatoms. The third kappa shape index (κ3) is 2.84. The predicted octanol–water partition coefficient (Wildman–Crippen LogP) is -0.0982. The summed E-state index contributed by atoms with van der Waals surface area (Å²) in [5, 5.41) is 25.0. The van der Waals surface area contributed by atoms with E-state index in [4.69, 9.17) is 15.5 Å². The van der Waals surface area contributed by atoms with Crippen LogP contribution < -0.4 is 0 Å². The van der Waals surface area contributed by atoms with Gasteiger partial charge in [-0.15, -0.1) is 0 Å². The fraction of sp³-hybridized carbons (Fsp3) is 0.333. The third-order valence-electron chi connectivity index (χ3n) is 0.759. The monoisotopic (exact) mass is 141 g/mol. The molecule has 54 valence electrons. The smallest absolute Gasteiger partial charge is 0.346 e. The van der Waals surface area contributed by atoms with Gasteiger partial charge < -0.3 is 10.2 Å². The summed E-state index contributed by atoms with van der Waals surface area (Å²) in [7, 11) is 0. The van der Waals surface area contributed by atoms with Gasteiger partial charge in [-0.3, -0.25) is 0 Å². The van der Waals surface area contributed by atoms with Crippen LogP contribution in [0.3, 0.4) is 0 Å². The Hall–Kier alpha value is -1.34. The van der Waals surface area contributed by atoms with E-state index in [1.807, 2.05) is 0 Å². The van der Waals surface area contributed by atoms with Crippen LogP contribution in [-0.4, -0.2) is 22.3 Å². The highest BCUT2D eigenvalue weighted by molar-refractivity contribution is 5.91. The SMILES string of the molecule is CC(O)C=C(C#N)C(=O)O. The zero-order chi connectivity index (χ0) is 8.15. The maximum atomic E-state index is 10.1. The lowest BCUT2D eigenvalue weighted by Crippen LogP contribution is -2.03. The Labute approximate surface area is 58.0 Å². The molecule has 0 fully saturated rings. The van der Waals surface area contributed by atoms with Crippen LogP contribution in [0.15, 0.2) is 11.6 Å². The van der Waals surface area contributed by atoms with Crippen LogP contribution in [0.2, 0.25) is 0 Å². The van der Waals surface area contributed by atoms with Gasteiger partial charge in [0.2, 0.25) is 0 Å². The standard InChI is InChI=1S/C6H7NO3/c1-4(8)2-5(3-7)6(9)10/h2,4,8H,1H3,(H,9,10). The molecule has 0 aromatic carbocycles. The lowest BCUT2D eigenvalue weighted by atomic mass is 10.2. The Balaban J connectivity index is 4.39. The summed E-state index contributed by atoms with van der Waals surface area (Å²) in [6.45, 7) is 1.38. The molecular formula is C6H7NO3. The Bertz CT molecular complexity index is 200. The minimum Gasteiger partial charge on any atom is -0.477 e. The molecule has 4 nitrogen and oxygen atoms in total. The molecule has 0 saturated heterocycles. The van der Waals surface area contributed by atoms with Crippen LogP contribution in [0, 0.1) is 11.3 Å². The number of aliphatic hydroxyl groups excluding tert-OH is 1. The normalized spacial score (nSPS) is 13.9. The molecule has 1 unspecified atom stereocenters. The van der Waals surface area contributed by atoms with Gasteiger partial charge in [0.1, 0.15) is 11.6 Å². The molecule has 0 radical (unpaired) electrons. The summed E-state index contributed by atoms with van der Waals surface area (Å²) in [5.41, 5.74) is -0.435. The van der Waals surface area contributed by atoms with Crippen molar-refractivity contribution in [2.24, 2.45) is 0 Å². The van der Waals surface area contributed by atoms with Gasteiger partial charge in [-0.1, -0.05) is 0 Å². The van der Waals surface area contributed by atoms with Crippen molar-refractivity contribution in [2.45, 2.75) is 13.0 Å². The number of nitriles is 1. The molecule has 0 aromatic rings. The van der Waals surface area contributed by atoms with Gasteiger partial charge in [0.25, 0.3) is 0 Å². The Morgan fingerprint density at radius 2 is 2.30 bits per heavy atom. The number of carbonyl (C=O) groups is 1. The highest BCUT2D eigenvalue weighted by Gasteiger charge is 2.05. The number of rotatable bonds is 2. The molecule has 0 bridgehead atoms. The molecule has 0 saturated carbocycles. The molecule has 0 aromatic heterocycles. The first-order valence-corrected chi connectivity index (χ1v) is 2.61. The molecule has 0 spiro atoms. The highest BCUT2D eigenvalue weighted by Crippen LogP contribution is 1.94. The second kappa shape index (κ2) is 3.64. The Kier molecular flexibility index (Phi) is 3.15. The quantitative estimate of drug-likeness (QED) is 0.415. The van der Waals surface area contributed by atoms with E-state index < -0.39 is 17.6 Å². The fourth-order valence-electron chi connectivity index (χ4n) is 0.398. The van der Waals surface area contributed by atoms with Gasteiger partial charge in [0, 0.05) is 0 Å². The van der Waals surface area contributed by atoms with Crippen molar-refractivity contribution in [2.75, 3.05) is 0 Å². The van der Waals surface area contributed by atoms with E-state index in [1.165, 1.54) is 13.0 Å². The zero-order valence-corrected chi connectivity index (χ0v) is 5.40. The molecule has 2 N–H and O–H groups in total. The number of carboxylic acid groups (broad SMARTS) is 1. The van der Waals surface area contributed by atoms with E-state index in [9.17, 15) is 4.79 Å². The summed E-state index contributed by atoms with van der Waals surface area (Å²) in [6.07, 6.45) is 0.0771. The largest absolute Gasteiger partial charge is 0.477 e. The van der Waals surface area contributed by atoms with Crippen LogP contribution in [0.25, 0.3) is 0 Å². The summed E-state index contributed by atoms with van der Waals surface area (Å²) >= 11 is 0. The Morgan fingerprint density at radius 1 is 1.80 bits per heavy atom. The molecule has 0 aliphatic heterocycles. The van der Waals surface area contributed by atoms with E-state index >= 15 is 0 Å². The number of aliphatic carboxylic acids is 1. The number of carboxylic acids is 1. The minimum atomic E-state index is -1.32. The lowest BCUT2D eigenvalue weighted by molar-refractivity contribution is -0.132. The molecule has 10 heavy (non-hydrogen) atoms. The maximum absolute atomic E-state index is 10.1. The second-order valence-electron chi connectivity index (χ2n) is 1.74. The first kappa shape index (κ1) is 8.66. The molecule has 0 aliphatic rings. The molecule has 0 aliphatic carbocycles. The van der Waals surface area contributed by atoms with Crippen LogP contribution >= 0.6 is 0 Å². The van der Waals surface area contributed by atoms with Crippen LogP contribution in [0.1, 0.15) is 6.92 Å². The van der Waals surface area contributed by atoms with Crippen LogP contribution in [0.4, 0.5) is 0 Å². The fourth-order valence-corrected chi connectivity index (χ4v) is 0.398. The Morgan fingerprint density at radius 3 is 2.40 bits per heavy atom. The van der Waals surface area contributed by atoms with Gasteiger partial charge in [-0.05, 0) is 13.0 Å². The number of hydrogen-bond donors (Lipinski definition) is 2. The number of hydrogen-bond acceptors (Lipinski definition) is 3. The highest BCUT2D eigenvalue weighted by atomic mass is 16.4. The molecule has 1 atom stereocenters. The molecular weight excluding hydrogens is 134 g/mol. The minimum absolute atomic E-state index is 0.435.